The smallest absolute Gasteiger partial charge is 0.275 e. The number of aromatic nitrogens is 3. The van der Waals surface area contributed by atoms with Crippen LogP contribution in [0.2, 0.25) is 0 Å². The fraction of sp³-hybridized carbons (Fsp3) is 0.235. The summed E-state index contributed by atoms with van der Waals surface area (Å²) in [6.07, 6.45) is 3.32. The Labute approximate surface area is 138 Å². The number of nitrogens with zero attached hydrogens (tertiary/aromatic N) is 3. The minimum absolute atomic E-state index is 0.133. The van der Waals surface area contributed by atoms with Gasteiger partial charge in [-0.15, -0.1) is 0 Å². The third-order valence-corrected chi connectivity index (χ3v) is 4.12. The quantitative estimate of drug-likeness (QED) is 0.778. The Morgan fingerprint density at radius 2 is 2.25 bits per heavy atom. The zero-order valence-electron chi connectivity index (χ0n) is 13.1. The van der Waals surface area contributed by atoms with Gasteiger partial charge in [0.15, 0.2) is 11.5 Å². The molecular formula is C17H16N4O3. The fourth-order valence-electron chi connectivity index (χ4n) is 3.06. The summed E-state index contributed by atoms with van der Waals surface area (Å²) in [5, 5.41) is 7.16. The topological polar surface area (TPSA) is 84.2 Å². The molecule has 7 heteroatoms. The normalized spacial score (nSPS) is 16.6. The van der Waals surface area contributed by atoms with E-state index in [9.17, 15) is 4.79 Å². The van der Waals surface area contributed by atoms with Gasteiger partial charge in [0, 0.05) is 25.4 Å². The number of fused-ring (bicyclic) bond motifs is 1. The summed E-state index contributed by atoms with van der Waals surface area (Å²) >= 11 is 0. The van der Waals surface area contributed by atoms with Gasteiger partial charge in [-0.3, -0.25) is 14.9 Å². The molecule has 0 fully saturated rings. The number of pyridine rings is 1. The summed E-state index contributed by atoms with van der Waals surface area (Å²) in [5.41, 5.74) is 2.70. The first-order chi connectivity index (χ1) is 11.8. The third kappa shape index (κ3) is 2.21. The minimum Gasteiger partial charge on any atom is -0.463 e. The first kappa shape index (κ1) is 14.6. The second-order valence-electron chi connectivity index (χ2n) is 5.49. The highest BCUT2D eigenvalue weighted by atomic mass is 16.5. The van der Waals surface area contributed by atoms with Crippen LogP contribution in [0.3, 0.4) is 0 Å². The number of carbonyl (C=O) groups excluding carboxylic acids is 1. The first-order valence-electron chi connectivity index (χ1n) is 7.64. The summed E-state index contributed by atoms with van der Waals surface area (Å²) in [6, 6.07) is 8.99. The maximum Gasteiger partial charge on any atom is 0.275 e. The Morgan fingerprint density at radius 1 is 1.33 bits per heavy atom. The first-order valence-corrected chi connectivity index (χ1v) is 7.64. The molecule has 0 aliphatic carbocycles. The van der Waals surface area contributed by atoms with Crippen molar-refractivity contribution in [1.29, 1.82) is 0 Å². The summed E-state index contributed by atoms with van der Waals surface area (Å²) in [7, 11) is 1.61. The molecule has 3 aromatic heterocycles. The van der Waals surface area contributed by atoms with Gasteiger partial charge in [-0.1, -0.05) is 6.07 Å². The molecule has 0 saturated heterocycles. The maximum atomic E-state index is 12.8. The molecule has 1 amide bonds. The molecule has 1 aliphatic rings. The largest absolute Gasteiger partial charge is 0.463 e. The van der Waals surface area contributed by atoms with Crippen LogP contribution in [0, 0.1) is 0 Å². The monoisotopic (exact) mass is 324 g/mol. The van der Waals surface area contributed by atoms with Gasteiger partial charge in [0.05, 0.1) is 18.6 Å². The van der Waals surface area contributed by atoms with Crippen molar-refractivity contribution < 1.29 is 13.9 Å². The van der Waals surface area contributed by atoms with Crippen LogP contribution in [-0.2, 0) is 4.74 Å². The number of H-pyrrole nitrogens is 1. The number of carbonyl (C=O) groups is 1. The molecule has 0 spiro atoms. The lowest BCUT2D eigenvalue weighted by Crippen LogP contribution is -2.32. The molecule has 0 radical (unpaired) electrons. The summed E-state index contributed by atoms with van der Waals surface area (Å²) in [5.74, 6) is 0.512. The fourth-order valence-corrected chi connectivity index (χ4v) is 3.06. The molecule has 3 aromatic rings. The van der Waals surface area contributed by atoms with Gasteiger partial charge in [0.1, 0.15) is 11.7 Å². The van der Waals surface area contributed by atoms with E-state index in [1.165, 1.54) is 0 Å². The molecule has 24 heavy (non-hydrogen) atoms. The average Bonchev–Trinajstić information content (AvgIpc) is 3.32. The molecule has 0 bridgehead atoms. The number of ether oxygens (including phenoxy) is 1. The second-order valence-corrected chi connectivity index (χ2v) is 5.49. The number of rotatable bonds is 5. The van der Waals surface area contributed by atoms with E-state index >= 15 is 0 Å². The molecule has 122 valence electrons. The number of hydrogen-bond donors (Lipinski definition) is 1. The number of amides is 1. The molecule has 4 rings (SSSR count). The van der Waals surface area contributed by atoms with Crippen molar-refractivity contribution in [3.63, 3.8) is 0 Å². The maximum absolute atomic E-state index is 12.8. The highest BCUT2D eigenvalue weighted by molar-refractivity contribution is 5.99. The van der Waals surface area contributed by atoms with Gasteiger partial charge >= 0.3 is 0 Å². The Kier molecular flexibility index (Phi) is 3.62. The van der Waals surface area contributed by atoms with Crippen LogP contribution in [0.25, 0.3) is 11.5 Å². The Hall–Kier alpha value is -2.93. The van der Waals surface area contributed by atoms with Crippen molar-refractivity contribution >= 4 is 5.91 Å². The summed E-state index contributed by atoms with van der Waals surface area (Å²) < 4.78 is 10.6. The van der Waals surface area contributed by atoms with Crippen molar-refractivity contribution in [1.82, 2.24) is 20.1 Å². The molecule has 7 nitrogen and oxygen atoms in total. The molecule has 4 heterocycles. The summed E-state index contributed by atoms with van der Waals surface area (Å²) in [6.45, 7) is 0.906. The predicted molar refractivity (Wildman–Crippen MR) is 85.3 cm³/mol. The number of aromatic amines is 1. The standard InChI is InChI=1S/C17H16N4O3/c1-23-10-8-21-16(11-5-2-3-7-18-11)13-14(12-6-4-9-24-12)19-20-15(13)17(21)22/h2-7,9,16H,8,10H2,1H3,(H,19,20)/t16-/m0/s1. The van der Waals surface area contributed by atoms with Crippen molar-refractivity contribution in [3.05, 3.63) is 59.7 Å². The van der Waals surface area contributed by atoms with Gasteiger partial charge in [-0.2, -0.15) is 5.10 Å². The van der Waals surface area contributed by atoms with E-state index in [0.717, 1.165) is 11.3 Å². The van der Waals surface area contributed by atoms with Crippen LogP contribution in [0.5, 0.6) is 0 Å². The SMILES string of the molecule is COCCN1C(=O)c2n[nH]c(-c3ccco3)c2[C@@H]1c1ccccn1. The molecular weight excluding hydrogens is 308 g/mol. The minimum atomic E-state index is -0.317. The average molecular weight is 324 g/mol. The van der Waals surface area contributed by atoms with E-state index in [-0.39, 0.29) is 11.9 Å². The molecule has 0 unspecified atom stereocenters. The highest BCUT2D eigenvalue weighted by Crippen LogP contribution is 2.41. The van der Waals surface area contributed by atoms with Crippen LogP contribution in [0.15, 0.2) is 47.2 Å². The van der Waals surface area contributed by atoms with Crippen LogP contribution < -0.4 is 0 Å². The number of methoxy groups -OCH3 is 1. The van der Waals surface area contributed by atoms with Crippen LogP contribution in [0.1, 0.15) is 27.8 Å². The lowest BCUT2D eigenvalue weighted by atomic mass is 10.0. The van der Waals surface area contributed by atoms with Gasteiger partial charge in [-0.25, -0.2) is 0 Å². The molecule has 1 atom stereocenters. The lowest BCUT2D eigenvalue weighted by Gasteiger charge is -2.25. The van der Waals surface area contributed by atoms with Crippen molar-refractivity contribution in [2.75, 3.05) is 20.3 Å². The van der Waals surface area contributed by atoms with E-state index < -0.39 is 0 Å². The Morgan fingerprint density at radius 3 is 2.96 bits per heavy atom. The van der Waals surface area contributed by atoms with Gasteiger partial charge in [0.25, 0.3) is 5.91 Å². The van der Waals surface area contributed by atoms with Crippen LogP contribution in [-0.4, -0.2) is 46.2 Å². The number of nitrogens with one attached hydrogen (secondary N) is 1. The van der Waals surface area contributed by atoms with E-state index in [1.807, 2.05) is 24.3 Å². The van der Waals surface area contributed by atoms with E-state index in [1.54, 1.807) is 30.5 Å². The lowest BCUT2D eigenvalue weighted by molar-refractivity contribution is 0.0674. The molecule has 0 aromatic carbocycles. The Bertz CT molecular complexity index is 842. The number of furan rings is 1. The van der Waals surface area contributed by atoms with Crippen LogP contribution in [0.4, 0.5) is 0 Å². The molecule has 0 saturated carbocycles. The number of hydrogen-bond acceptors (Lipinski definition) is 5. The Balaban J connectivity index is 1.85. The van der Waals surface area contributed by atoms with Gasteiger partial charge < -0.3 is 14.1 Å². The zero-order valence-corrected chi connectivity index (χ0v) is 13.1. The van der Waals surface area contributed by atoms with Crippen molar-refractivity contribution in [2.24, 2.45) is 0 Å². The third-order valence-electron chi connectivity index (χ3n) is 4.12. The van der Waals surface area contributed by atoms with Crippen LogP contribution >= 0.6 is 0 Å². The van der Waals surface area contributed by atoms with E-state index in [4.69, 9.17) is 9.15 Å². The van der Waals surface area contributed by atoms with E-state index in [0.29, 0.717) is 30.3 Å². The molecule has 1 N–H and O–H groups in total. The van der Waals surface area contributed by atoms with Gasteiger partial charge in [0.2, 0.25) is 0 Å². The van der Waals surface area contributed by atoms with Crippen molar-refractivity contribution in [3.8, 4) is 11.5 Å². The highest BCUT2D eigenvalue weighted by Gasteiger charge is 2.43. The second kappa shape index (κ2) is 5.93. The summed E-state index contributed by atoms with van der Waals surface area (Å²) in [4.78, 5) is 19.0. The van der Waals surface area contributed by atoms with Crippen molar-refractivity contribution in [2.45, 2.75) is 6.04 Å². The van der Waals surface area contributed by atoms with E-state index in [2.05, 4.69) is 15.2 Å². The van der Waals surface area contributed by atoms with Gasteiger partial charge in [-0.05, 0) is 24.3 Å². The molecule has 1 aliphatic heterocycles. The predicted octanol–water partition coefficient (Wildman–Crippen LogP) is 2.26. The zero-order chi connectivity index (χ0) is 16.5.